The number of nitrogens with one attached hydrogen (secondary N) is 1. The van der Waals surface area contributed by atoms with E-state index in [0.29, 0.717) is 10.4 Å². The smallest absolute Gasteiger partial charge is 0.287 e. The summed E-state index contributed by atoms with van der Waals surface area (Å²) in [4.78, 5) is 12.0. The molecule has 0 saturated heterocycles. The Bertz CT molecular complexity index is 759. The van der Waals surface area contributed by atoms with Crippen LogP contribution in [0.5, 0.6) is 0 Å². The Morgan fingerprint density at radius 2 is 2.09 bits per heavy atom. The first-order valence-electron chi connectivity index (χ1n) is 6.72. The van der Waals surface area contributed by atoms with Crippen LogP contribution >= 0.6 is 15.9 Å². The van der Waals surface area contributed by atoms with Gasteiger partial charge in [0.1, 0.15) is 17.4 Å². The molecular weight excluding hydrogens is 350 g/mol. The highest BCUT2D eigenvalue weighted by molar-refractivity contribution is 9.10. The number of ether oxygens (including phenoxy) is 1. The fourth-order valence-corrected chi connectivity index (χ4v) is 2.48. The van der Waals surface area contributed by atoms with Gasteiger partial charge in [-0.1, -0.05) is 18.2 Å². The van der Waals surface area contributed by atoms with Gasteiger partial charge >= 0.3 is 0 Å². The van der Waals surface area contributed by atoms with Gasteiger partial charge in [-0.15, -0.1) is 0 Å². The highest BCUT2D eigenvalue weighted by atomic mass is 79.9. The summed E-state index contributed by atoms with van der Waals surface area (Å²) < 4.78 is 16.9. The normalized spacial score (nSPS) is 12.5. The minimum absolute atomic E-state index is 0.242. The third kappa shape index (κ3) is 3.08. The van der Waals surface area contributed by atoms with E-state index in [9.17, 15) is 4.79 Å². The van der Waals surface area contributed by atoms with Crippen molar-refractivity contribution in [1.82, 2.24) is 5.32 Å². The Labute approximate surface area is 135 Å². The molecular formula is C16H14BrNO4. The molecule has 2 aromatic heterocycles. The number of carbonyl (C=O) groups excluding carboxylic acids is 1. The molecule has 114 valence electrons. The molecule has 5 nitrogen and oxygen atoms in total. The van der Waals surface area contributed by atoms with Crippen molar-refractivity contribution in [3.05, 3.63) is 58.7 Å². The minimum atomic E-state index is -0.366. The standard InChI is InChI=1S/C16H14BrNO4/c1-20-14(9-18-16(19)12-6-7-15(17)22-12)13-8-10-4-2-3-5-11(10)21-13/h2-8,14H,9H2,1H3,(H,18,19). The molecule has 0 spiro atoms. The fraction of sp³-hybridized carbons (Fsp3) is 0.188. The molecule has 0 bridgehead atoms. The zero-order chi connectivity index (χ0) is 15.5. The number of fused-ring (bicyclic) bond motifs is 1. The van der Waals surface area contributed by atoms with Crippen LogP contribution in [0.4, 0.5) is 0 Å². The first kappa shape index (κ1) is 14.9. The zero-order valence-electron chi connectivity index (χ0n) is 11.8. The van der Waals surface area contributed by atoms with Crippen LogP contribution < -0.4 is 5.32 Å². The Morgan fingerprint density at radius 1 is 1.27 bits per heavy atom. The number of hydrogen-bond acceptors (Lipinski definition) is 4. The number of benzene rings is 1. The van der Waals surface area contributed by atoms with Gasteiger partial charge < -0.3 is 18.9 Å². The van der Waals surface area contributed by atoms with Crippen molar-refractivity contribution in [2.24, 2.45) is 0 Å². The average molecular weight is 364 g/mol. The van der Waals surface area contributed by atoms with Gasteiger partial charge in [-0.05, 0) is 40.2 Å². The maximum atomic E-state index is 12.0. The Balaban J connectivity index is 1.70. The Morgan fingerprint density at radius 3 is 2.77 bits per heavy atom. The number of amides is 1. The maximum Gasteiger partial charge on any atom is 0.287 e. The van der Waals surface area contributed by atoms with E-state index in [2.05, 4.69) is 21.2 Å². The number of halogens is 1. The number of carbonyl (C=O) groups is 1. The summed E-state index contributed by atoms with van der Waals surface area (Å²) in [6.45, 7) is 0.285. The van der Waals surface area contributed by atoms with Gasteiger partial charge in [0.05, 0.1) is 6.54 Å². The quantitative estimate of drug-likeness (QED) is 0.746. The third-order valence-corrected chi connectivity index (χ3v) is 3.72. The number of para-hydroxylation sites is 1. The second-order valence-corrected chi connectivity index (χ2v) is 5.51. The average Bonchev–Trinajstić information content (AvgIpc) is 3.13. The first-order valence-corrected chi connectivity index (χ1v) is 7.51. The molecule has 0 saturated carbocycles. The second kappa shape index (κ2) is 6.37. The van der Waals surface area contributed by atoms with E-state index in [-0.39, 0.29) is 24.3 Å². The van der Waals surface area contributed by atoms with E-state index in [0.717, 1.165) is 11.0 Å². The van der Waals surface area contributed by atoms with Crippen LogP contribution in [0.3, 0.4) is 0 Å². The molecule has 1 atom stereocenters. The summed E-state index contributed by atoms with van der Waals surface area (Å²) in [5, 5.41) is 3.77. The highest BCUT2D eigenvalue weighted by Gasteiger charge is 2.18. The molecule has 1 unspecified atom stereocenters. The molecule has 3 aromatic rings. The molecule has 6 heteroatoms. The SMILES string of the molecule is COC(CNC(=O)c1ccc(Br)o1)c1cc2ccccc2o1. The van der Waals surface area contributed by atoms with Gasteiger partial charge in [0, 0.05) is 12.5 Å². The van der Waals surface area contributed by atoms with Crippen molar-refractivity contribution in [2.45, 2.75) is 6.10 Å². The fourth-order valence-electron chi connectivity index (χ4n) is 2.17. The molecule has 2 heterocycles. The van der Waals surface area contributed by atoms with Crippen molar-refractivity contribution < 1.29 is 18.4 Å². The summed E-state index contributed by atoms with van der Waals surface area (Å²) >= 11 is 3.16. The summed E-state index contributed by atoms with van der Waals surface area (Å²) in [6.07, 6.45) is -0.366. The number of rotatable bonds is 5. The second-order valence-electron chi connectivity index (χ2n) is 4.72. The Hall–Kier alpha value is -2.05. The molecule has 0 aliphatic carbocycles. The molecule has 0 radical (unpaired) electrons. The minimum Gasteiger partial charge on any atom is -0.458 e. The van der Waals surface area contributed by atoms with Crippen molar-refractivity contribution in [2.75, 3.05) is 13.7 Å². The summed E-state index contributed by atoms with van der Waals surface area (Å²) in [6, 6.07) is 12.9. The third-order valence-electron chi connectivity index (χ3n) is 3.29. The molecule has 3 rings (SSSR count). The van der Waals surface area contributed by atoms with Crippen molar-refractivity contribution in [3.8, 4) is 0 Å². The van der Waals surface area contributed by atoms with Crippen LogP contribution in [0, 0.1) is 0 Å². The first-order chi connectivity index (χ1) is 10.7. The van der Waals surface area contributed by atoms with Gasteiger partial charge in [-0.2, -0.15) is 0 Å². The zero-order valence-corrected chi connectivity index (χ0v) is 13.4. The summed E-state index contributed by atoms with van der Waals surface area (Å²) in [7, 11) is 1.58. The van der Waals surface area contributed by atoms with Gasteiger partial charge in [0.2, 0.25) is 0 Å². The lowest BCUT2D eigenvalue weighted by Gasteiger charge is -2.13. The Kier molecular flexibility index (Phi) is 4.31. The van der Waals surface area contributed by atoms with Crippen molar-refractivity contribution in [3.63, 3.8) is 0 Å². The van der Waals surface area contributed by atoms with Crippen LogP contribution in [0.25, 0.3) is 11.0 Å². The predicted molar refractivity (Wildman–Crippen MR) is 84.7 cm³/mol. The van der Waals surface area contributed by atoms with E-state index < -0.39 is 0 Å². The lowest BCUT2D eigenvalue weighted by molar-refractivity contribution is 0.0732. The van der Waals surface area contributed by atoms with Crippen LogP contribution in [-0.4, -0.2) is 19.6 Å². The van der Waals surface area contributed by atoms with Gasteiger partial charge in [-0.3, -0.25) is 4.79 Å². The van der Waals surface area contributed by atoms with E-state index in [1.54, 1.807) is 19.2 Å². The van der Waals surface area contributed by atoms with Crippen molar-refractivity contribution in [1.29, 1.82) is 0 Å². The molecule has 22 heavy (non-hydrogen) atoms. The molecule has 0 fully saturated rings. The van der Waals surface area contributed by atoms with E-state index in [1.807, 2.05) is 30.3 Å². The molecule has 0 aliphatic heterocycles. The largest absolute Gasteiger partial charge is 0.458 e. The van der Waals surface area contributed by atoms with Gasteiger partial charge in [0.25, 0.3) is 5.91 Å². The monoisotopic (exact) mass is 363 g/mol. The number of methoxy groups -OCH3 is 1. The highest BCUT2D eigenvalue weighted by Crippen LogP contribution is 2.25. The lowest BCUT2D eigenvalue weighted by atomic mass is 10.2. The number of furan rings is 2. The van der Waals surface area contributed by atoms with Crippen LogP contribution in [0.2, 0.25) is 0 Å². The molecule has 1 amide bonds. The van der Waals surface area contributed by atoms with Crippen LogP contribution in [-0.2, 0) is 4.74 Å². The van der Waals surface area contributed by atoms with Crippen LogP contribution in [0.1, 0.15) is 22.4 Å². The summed E-state index contributed by atoms with van der Waals surface area (Å²) in [5.74, 6) is 0.611. The van der Waals surface area contributed by atoms with Crippen molar-refractivity contribution >= 4 is 32.8 Å². The van der Waals surface area contributed by atoms with E-state index in [1.165, 1.54) is 0 Å². The molecule has 1 aromatic carbocycles. The topological polar surface area (TPSA) is 64.6 Å². The number of hydrogen-bond donors (Lipinski definition) is 1. The molecule has 1 N–H and O–H groups in total. The predicted octanol–water partition coefficient (Wildman–Crippen LogP) is 3.91. The summed E-state index contributed by atoms with van der Waals surface area (Å²) in [5.41, 5.74) is 0.792. The van der Waals surface area contributed by atoms with Gasteiger partial charge in [0.15, 0.2) is 10.4 Å². The van der Waals surface area contributed by atoms with Crippen LogP contribution in [0.15, 0.2) is 56.0 Å². The van der Waals surface area contributed by atoms with Gasteiger partial charge in [-0.25, -0.2) is 0 Å². The van der Waals surface area contributed by atoms with E-state index >= 15 is 0 Å². The molecule has 0 aliphatic rings. The lowest BCUT2D eigenvalue weighted by Crippen LogP contribution is -2.28. The maximum absolute atomic E-state index is 12.0. The van der Waals surface area contributed by atoms with E-state index in [4.69, 9.17) is 13.6 Å².